The van der Waals surface area contributed by atoms with Gasteiger partial charge in [0.25, 0.3) is 0 Å². The molecule has 0 atom stereocenters. The van der Waals surface area contributed by atoms with Crippen molar-refractivity contribution in [3.05, 3.63) is 95.7 Å². The van der Waals surface area contributed by atoms with E-state index in [-0.39, 0.29) is 13.7 Å². The topological polar surface area (TPSA) is 6.48 Å². The molecule has 2 aliphatic heterocycles. The van der Waals surface area contributed by atoms with Crippen LogP contribution in [0.2, 0.25) is 0 Å². The maximum absolute atomic E-state index is 2.75. The predicted molar refractivity (Wildman–Crippen MR) is 199 cm³/mol. The summed E-state index contributed by atoms with van der Waals surface area (Å²) in [6.45, 7) is 7.23. The van der Waals surface area contributed by atoms with E-state index in [2.05, 4.69) is 119 Å². The molecule has 0 saturated heterocycles. The van der Waals surface area contributed by atoms with Gasteiger partial charge in [0.1, 0.15) is 0 Å². The Kier molecular flexibility index (Phi) is 9.00. The van der Waals surface area contributed by atoms with E-state index in [0.717, 1.165) is 13.1 Å². The number of fused-ring (bicyclic) bond motifs is 6. The summed E-state index contributed by atoms with van der Waals surface area (Å²) in [4.78, 5) is 8.35. The molecule has 6 heteroatoms. The lowest BCUT2D eigenvalue weighted by molar-refractivity contribution is 0.673. The van der Waals surface area contributed by atoms with Crippen LogP contribution >= 0.6 is 22.7 Å². The van der Waals surface area contributed by atoms with Gasteiger partial charge >= 0.3 is 13.7 Å². The van der Waals surface area contributed by atoms with Crippen molar-refractivity contribution in [2.75, 3.05) is 22.7 Å². The Bertz CT molecular complexity index is 1680. The molecule has 0 fully saturated rings. The number of anilines is 2. The highest BCUT2D eigenvalue weighted by atomic mass is 32.1. The Labute approximate surface area is 273 Å². The molecule has 0 N–H and O–H groups in total. The van der Waals surface area contributed by atoms with Gasteiger partial charge in [-0.2, -0.15) is 0 Å². The summed E-state index contributed by atoms with van der Waals surface area (Å²) in [5.41, 5.74) is 11.4. The maximum atomic E-state index is 2.75. The van der Waals surface area contributed by atoms with Gasteiger partial charge in [0.05, 0.1) is 4.88 Å². The van der Waals surface area contributed by atoms with Crippen LogP contribution in [0.25, 0.3) is 20.9 Å². The fourth-order valence-corrected chi connectivity index (χ4v) is 9.35. The summed E-state index contributed by atoms with van der Waals surface area (Å²) < 4.78 is 0. The molecule has 7 rings (SSSR count). The zero-order chi connectivity index (χ0) is 29.9. The number of benzene rings is 3. The molecule has 222 valence electrons. The second kappa shape index (κ2) is 13.4. The lowest BCUT2D eigenvalue weighted by atomic mass is 9.44. The van der Waals surface area contributed by atoms with Crippen molar-refractivity contribution in [2.24, 2.45) is 0 Å². The average Bonchev–Trinajstić information content (AvgIpc) is 3.76. The highest BCUT2D eigenvalue weighted by molar-refractivity contribution is 7.17. The lowest BCUT2D eigenvalue weighted by Gasteiger charge is -2.41. The van der Waals surface area contributed by atoms with Crippen molar-refractivity contribution < 1.29 is 0 Å². The lowest BCUT2D eigenvalue weighted by Crippen LogP contribution is -2.61. The van der Waals surface area contributed by atoms with Gasteiger partial charge in [-0.25, -0.2) is 0 Å². The van der Waals surface area contributed by atoms with E-state index in [1.165, 1.54) is 105 Å². The SMILES string of the molecule is CCCCCCN1B(c2ccccc2)c2ccsc2-c2cc3c(cc21)-c1sccc1N(CCCCCC)B3c1ccccc1. The van der Waals surface area contributed by atoms with Gasteiger partial charge in [0.2, 0.25) is 0 Å². The number of rotatable bonds is 12. The Morgan fingerprint density at radius 3 is 1.73 bits per heavy atom. The predicted octanol–water partition coefficient (Wildman–Crippen LogP) is 8.16. The number of hydrogen-bond donors (Lipinski definition) is 0. The van der Waals surface area contributed by atoms with Gasteiger partial charge in [-0.1, -0.05) is 136 Å². The molecule has 0 amide bonds. The first-order valence-corrected chi connectivity index (χ1v) is 18.5. The molecule has 0 aliphatic carbocycles. The fraction of sp³-hybridized carbons (Fsp3) is 0.316. The van der Waals surface area contributed by atoms with Crippen LogP contribution in [0.5, 0.6) is 0 Å². The molecule has 0 unspecified atom stereocenters. The van der Waals surface area contributed by atoms with Crippen LogP contribution in [0.4, 0.5) is 11.4 Å². The first-order valence-electron chi connectivity index (χ1n) is 16.8. The van der Waals surface area contributed by atoms with E-state index in [0.29, 0.717) is 0 Å². The summed E-state index contributed by atoms with van der Waals surface area (Å²) in [7, 11) is 0. The fourth-order valence-electron chi connectivity index (χ4n) is 7.45. The Balaban J connectivity index is 1.40. The zero-order valence-corrected chi connectivity index (χ0v) is 27.8. The van der Waals surface area contributed by atoms with Crippen LogP contribution in [-0.2, 0) is 0 Å². The minimum atomic E-state index is 0.216. The Hall–Kier alpha value is -3.21. The third-order valence-electron chi connectivity index (χ3n) is 9.56. The monoisotopic (exact) mass is 612 g/mol. The van der Waals surface area contributed by atoms with Crippen LogP contribution in [0, 0.1) is 0 Å². The molecular weight excluding hydrogens is 570 g/mol. The molecular formula is C38H42B2N2S2. The van der Waals surface area contributed by atoms with Gasteiger partial charge in [0.15, 0.2) is 0 Å². The largest absolute Gasteiger partial charge is 0.406 e. The number of unbranched alkanes of at least 4 members (excludes halogenated alkanes) is 6. The highest BCUT2D eigenvalue weighted by Gasteiger charge is 2.41. The Morgan fingerprint density at radius 1 is 0.523 bits per heavy atom. The van der Waals surface area contributed by atoms with Crippen LogP contribution in [0.1, 0.15) is 65.2 Å². The standard InChI is InChI=1S/C38H42B2N2S2/c1-3-5-7-15-23-41-35-22-26-44-38(35)31-28-36-32(27-34(31)40(41)30-19-13-10-14-20-30)37-33(21-25-43-37)39(29-17-11-9-12-18-29)42(36)24-16-8-6-4-2/h9-14,17-22,25-28H,3-8,15-16,23-24H2,1-2H3. The van der Waals surface area contributed by atoms with E-state index in [4.69, 9.17) is 0 Å². The third kappa shape index (κ3) is 5.45. The van der Waals surface area contributed by atoms with E-state index in [1.54, 1.807) is 0 Å². The van der Waals surface area contributed by atoms with E-state index >= 15 is 0 Å². The van der Waals surface area contributed by atoms with Crippen LogP contribution < -0.4 is 31.5 Å². The zero-order valence-electron chi connectivity index (χ0n) is 26.2. The van der Waals surface area contributed by atoms with Gasteiger partial charge in [-0.3, -0.25) is 0 Å². The molecule has 5 aromatic rings. The van der Waals surface area contributed by atoms with Crippen molar-refractivity contribution in [1.29, 1.82) is 0 Å². The smallest absolute Gasteiger partial charge is 0.325 e. The Morgan fingerprint density at radius 2 is 1.09 bits per heavy atom. The number of thiophene rings is 2. The van der Waals surface area contributed by atoms with Crippen molar-refractivity contribution in [3.63, 3.8) is 0 Å². The summed E-state index contributed by atoms with van der Waals surface area (Å²) in [6, 6.07) is 32.4. The highest BCUT2D eigenvalue weighted by Crippen LogP contribution is 2.45. The van der Waals surface area contributed by atoms with Gasteiger partial charge < -0.3 is 9.62 Å². The molecule has 2 nitrogen and oxygen atoms in total. The minimum Gasteiger partial charge on any atom is -0.406 e. The van der Waals surface area contributed by atoms with Crippen LogP contribution in [0.3, 0.4) is 0 Å². The second-order valence-electron chi connectivity index (χ2n) is 12.4. The average molecular weight is 613 g/mol. The van der Waals surface area contributed by atoms with E-state index in [1.807, 2.05) is 22.7 Å². The second-order valence-corrected chi connectivity index (χ2v) is 14.3. The van der Waals surface area contributed by atoms with E-state index in [9.17, 15) is 0 Å². The molecule has 0 bridgehead atoms. The first kappa shape index (κ1) is 29.5. The number of hydrogen-bond acceptors (Lipinski definition) is 4. The third-order valence-corrected chi connectivity index (χ3v) is 11.5. The summed E-state index contributed by atoms with van der Waals surface area (Å²) in [6.07, 6.45) is 10.2. The first-order chi connectivity index (χ1) is 21.8. The van der Waals surface area contributed by atoms with Gasteiger partial charge in [-0.05, 0) is 52.2 Å². The summed E-state index contributed by atoms with van der Waals surface area (Å²) in [5, 5.41) is 4.63. The van der Waals surface area contributed by atoms with Gasteiger partial charge in [-0.15, -0.1) is 22.7 Å². The van der Waals surface area contributed by atoms with Gasteiger partial charge in [0, 0.05) is 34.9 Å². The normalized spacial score (nSPS) is 13.5. The molecule has 3 aromatic carbocycles. The molecule has 0 radical (unpaired) electrons. The molecule has 0 spiro atoms. The molecule has 0 saturated carbocycles. The minimum absolute atomic E-state index is 0.216. The maximum Gasteiger partial charge on any atom is 0.325 e. The summed E-state index contributed by atoms with van der Waals surface area (Å²) in [5.74, 6) is 0. The molecule has 2 aromatic heterocycles. The van der Waals surface area contributed by atoms with Crippen molar-refractivity contribution in [1.82, 2.24) is 0 Å². The van der Waals surface area contributed by atoms with Crippen LogP contribution in [-0.4, -0.2) is 26.8 Å². The molecule has 4 heterocycles. The van der Waals surface area contributed by atoms with Crippen molar-refractivity contribution in [3.8, 4) is 20.9 Å². The van der Waals surface area contributed by atoms with E-state index < -0.39 is 0 Å². The quantitative estimate of drug-likeness (QED) is 0.104. The molecule has 2 aliphatic rings. The summed E-state index contributed by atoms with van der Waals surface area (Å²) >= 11 is 3.83. The van der Waals surface area contributed by atoms with Crippen LogP contribution in [0.15, 0.2) is 95.7 Å². The van der Waals surface area contributed by atoms with Crippen molar-refractivity contribution in [2.45, 2.75) is 65.2 Å². The molecule has 44 heavy (non-hydrogen) atoms. The number of nitrogens with zero attached hydrogens (tertiary/aromatic N) is 2. The van der Waals surface area contributed by atoms with Crippen molar-refractivity contribution >= 4 is 69.6 Å².